The summed E-state index contributed by atoms with van der Waals surface area (Å²) < 4.78 is 5.76. The standard InChI is InChI=1S/C19H18N4O2/c24-19(17-10-16(22-23-17)14-5-7-20-8-6-14)21-11-13-9-15-3-1-2-4-18(15)25-12-13/h1-8,10,13H,9,11-12H2,(H,21,24)(H,22,23)/t13-/m1/s1. The first-order chi connectivity index (χ1) is 12.3. The van der Waals surface area contributed by atoms with Crippen molar-refractivity contribution in [2.24, 2.45) is 5.92 Å². The van der Waals surface area contributed by atoms with Crippen molar-refractivity contribution in [2.45, 2.75) is 6.42 Å². The van der Waals surface area contributed by atoms with Gasteiger partial charge in [-0.3, -0.25) is 14.9 Å². The van der Waals surface area contributed by atoms with E-state index in [2.05, 4.69) is 26.6 Å². The van der Waals surface area contributed by atoms with Crippen LogP contribution in [0.5, 0.6) is 5.75 Å². The number of amides is 1. The Labute approximate surface area is 145 Å². The summed E-state index contributed by atoms with van der Waals surface area (Å²) in [6, 6.07) is 13.5. The number of fused-ring (bicyclic) bond motifs is 1. The quantitative estimate of drug-likeness (QED) is 0.768. The monoisotopic (exact) mass is 334 g/mol. The van der Waals surface area contributed by atoms with Gasteiger partial charge in [0.1, 0.15) is 11.4 Å². The highest BCUT2D eigenvalue weighted by atomic mass is 16.5. The van der Waals surface area contributed by atoms with E-state index >= 15 is 0 Å². The first-order valence-electron chi connectivity index (χ1n) is 8.24. The molecule has 2 aromatic heterocycles. The minimum Gasteiger partial charge on any atom is -0.493 e. The molecule has 3 heterocycles. The normalized spacial score (nSPS) is 15.9. The zero-order valence-electron chi connectivity index (χ0n) is 13.6. The van der Waals surface area contributed by atoms with Crippen LogP contribution in [-0.4, -0.2) is 34.2 Å². The Kier molecular flexibility index (Phi) is 4.16. The molecule has 1 aromatic carbocycles. The van der Waals surface area contributed by atoms with E-state index in [9.17, 15) is 4.79 Å². The third-order valence-corrected chi connectivity index (χ3v) is 4.31. The Balaban J connectivity index is 1.36. The molecule has 0 spiro atoms. The third-order valence-electron chi connectivity index (χ3n) is 4.31. The largest absolute Gasteiger partial charge is 0.493 e. The van der Waals surface area contributed by atoms with Crippen molar-refractivity contribution in [1.29, 1.82) is 0 Å². The van der Waals surface area contributed by atoms with E-state index < -0.39 is 0 Å². The number of carbonyl (C=O) groups is 1. The fraction of sp³-hybridized carbons (Fsp3) is 0.211. The highest BCUT2D eigenvalue weighted by molar-refractivity contribution is 5.93. The second kappa shape index (κ2) is 6.76. The van der Waals surface area contributed by atoms with Crippen molar-refractivity contribution in [3.8, 4) is 17.0 Å². The smallest absolute Gasteiger partial charge is 0.269 e. The Bertz CT molecular complexity index is 876. The summed E-state index contributed by atoms with van der Waals surface area (Å²) in [5.74, 6) is 1.05. The van der Waals surface area contributed by atoms with Gasteiger partial charge in [-0.1, -0.05) is 18.2 Å². The number of ether oxygens (including phenoxy) is 1. The van der Waals surface area contributed by atoms with Gasteiger partial charge in [0.05, 0.1) is 12.3 Å². The molecule has 0 saturated carbocycles. The lowest BCUT2D eigenvalue weighted by Crippen LogP contribution is -2.34. The molecule has 0 fully saturated rings. The maximum atomic E-state index is 12.3. The number of H-pyrrole nitrogens is 1. The Morgan fingerprint density at radius 3 is 2.96 bits per heavy atom. The van der Waals surface area contributed by atoms with Gasteiger partial charge in [0.25, 0.3) is 5.91 Å². The number of benzene rings is 1. The molecule has 0 unspecified atom stereocenters. The van der Waals surface area contributed by atoms with Gasteiger partial charge in [-0.25, -0.2) is 0 Å². The SMILES string of the molecule is O=C(NC[C@@H]1COc2ccccc2C1)c1cc(-c2ccncc2)n[nH]1. The number of nitrogens with one attached hydrogen (secondary N) is 2. The number of aromatic nitrogens is 3. The van der Waals surface area contributed by atoms with Crippen molar-refractivity contribution < 1.29 is 9.53 Å². The summed E-state index contributed by atoms with van der Waals surface area (Å²) in [6.07, 6.45) is 4.30. The van der Waals surface area contributed by atoms with E-state index in [-0.39, 0.29) is 11.8 Å². The number of hydrogen-bond acceptors (Lipinski definition) is 4. The summed E-state index contributed by atoms with van der Waals surface area (Å²) in [6.45, 7) is 1.18. The van der Waals surface area contributed by atoms with Crippen LogP contribution in [0.4, 0.5) is 0 Å². The van der Waals surface area contributed by atoms with Gasteiger partial charge in [-0.2, -0.15) is 5.10 Å². The van der Waals surface area contributed by atoms with Gasteiger partial charge in [-0.15, -0.1) is 0 Å². The number of nitrogens with zero attached hydrogens (tertiary/aromatic N) is 2. The van der Waals surface area contributed by atoms with E-state index in [0.29, 0.717) is 18.8 Å². The number of rotatable bonds is 4. The minimum atomic E-state index is -0.160. The molecule has 1 aliphatic heterocycles. The van der Waals surface area contributed by atoms with Crippen LogP contribution in [-0.2, 0) is 6.42 Å². The third kappa shape index (κ3) is 3.38. The van der Waals surface area contributed by atoms with E-state index in [1.807, 2.05) is 30.3 Å². The van der Waals surface area contributed by atoms with Crippen LogP contribution in [0.3, 0.4) is 0 Å². The molecule has 6 heteroatoms. The molecule has 4 rings (SSSR count). The van der Waals surface area contributed by atoms with Crippen LogP contribution >= 0.6 is 0 Å². The van der Waals surface area contributed by atoms with Gasteiger partial charge in [-0.05, 0) is 36.2 Å². The summed E-state index contributed by atoms with van der Waals surface area (Å²) >= 11 is 0. The number of hydrogen-bond donors (Lipinski definition) is 2. The molecule has 0 aliphatic carbocycles. The molecule has 1 atom stereocenters. The molecule has 0 bridgehead atoms. The topological polar surface area (TPSA) is 79.9 Å². The highest BCUT2D eigenvalue weighted by Crippen LogP contribution is 2.26. The average Bonchev–Trinajstić information content (AvgIpc) is 3.17. The fourth-order valence-electron chi connectivity index (χ4n) is 2.96. The molecule has 3 aromatic rings. The summed E-state index contributed by atoms with van der Waals surface area (Å²) in [5, 5.41) is 9.95. The molecule has 0 saturated heterocycles. The zero-order chi connectivity index (χ0) is 17.1. The average molecular weight is 334 g/mol. The molecule has 6 nitrogen and oxygen atoms in total. The van der Waals surface area contributed by atoms with E-state index in [0.717, 1.165) is 23.4 Å². The van der Waals surface area contributed by atoms with Gasteiger partial charge >= 0.3 is 0 Å². The van der Waals surface area contributed by atoms with E-state index in [1.165, 1.54) is 5.56 Å². The summed E-state index contributed by atoms with van der Waals surface area (Å²) in [5.41, 5.74) is 3.28. The maximum Gasteiger partial charge on any atom is 0.269 e. The lowest BCUT2D eigenvalue weighted by atomic mass is 9.97. The van der Waals surface area contributed by atoms with Crippen molar-refractivity contribution in [1.82, 2.24) is 20.5 Å². The predicted molar refractivity (Wildman–Crippen MR) is 93.3 cm³/mol. The highest BCUT2D eigenvalue weighted by Gasteiger charge is 2.20. The lowest BCUT2D eigenvalue weighted by molar-refractivity contribution is 0.0934. The van der Waals surface area contributed by atoms with Crippen LogP contribution in [0.15, 0.2) is 54.9 Å². The molecule has 2 N–H and O–H groups in total. The van der Waals surface area contributed by atoms with Gasteiger partial charge in [0.2, 0.25) is 0 Å². The van der Waals surface area contributed by atoms with Crippen molar-refractivity contribution in [3.05, 3.63) is 66.1 Å². The van der Waals surface area contributed by atoms with Crippen molar-refractivity contribution in [2.75, 3.05) is 13.2 Å². The van der Waals surface area contributed by atoms with Crippen LogP contribution in [0.25, 0.3) is 11.3 Å². The number of aromatic amines is 1. The van der Waals surface area contributed by atoms with Crippen LogP contribution in [0.2, 0.25) is 0 Å². The Hall–Kier alpha value is -3.15. The predicted octanol–water partition coefficient (Wildman–Crippen LogP) is 2.45. The van der Waals surface area contributed by atoms with Gasteiger partial charge in [0.15, 0.2) is 0 Å². The summed E-state index contributed by atoms with van der Waals surface area (Å²) in [4.78, 5) is 16.3. The molecule has 0 radical (unpaired) electrons. The first-order valence-corrected chi connectivity index (χ1v) is 8.24. The second-order valence-corrected chi connectivity index (χ2v) is 6.10. The van der Waals surface area contributed by atoms with Crippen molar-refractivity contribution in [3.63, 3.8) is 0 Å². The summed E-state index contributed by atoms with van der Waals surface area (Å²) in [7, 11) is 0. The van der Waals surface area contributed by atoms with E-state index in [4.69, 9.17) is 4.74 Å². The molecule has 126 valence electrons. The zero-order valence-corrected chi connectivity index (χ0v) is 13.6. The second-order valence-electron chi connectivity index (χ2n) is 6.10. The number of para-hydroxylation sites is 1. The Morgan fingerprint density at radius 1 is 1.24 bits per heavy atom. The number of carbonyl (C=O) groups excluding carboxylic acids is 1. The number of pyridine rings is 1. The lowest BCUT2D eigenvalue weighted by Gasteiger charge is -2.25. The minimum absolute atomic E-state index is 0.160. The molecular formula is C19H18N4O2. The fourth-order valence-corrected chi connectivity index (χ4v) is 2.96. The van der Waals surface area contributed by atoms with Crippen LogP contribution in [0, 0.1) is 5.92 Å². The van der Waals surface area contributed by atoms with E-state index in [1.54, 1.807) is 18.5 Å². The first kappa shape index (κ1) is 15.4. The molecule has 1 amide bonds. The van der Waals surface area contributed by atoms with Gasteiger partial charge < -0.3 is 10.1 Å². The maximum absolute atomic E-state index is 12.3. The molecule has 25 heavy (non-hydrogen) atoms. The van der Waals surface area contributed by atoms with Crippen molar-refractivity contribution >= 4 is 5.91 Å². The van der Waals surface area contributed by atoms with Gasteiger partial charge in [0, 0.05) is 30.4 Å². The van der Waals surface area contributed by atoms with Crippen LogP contribution in [0.1, 0.15) is 16.1 Å². The molecule has 1 aliphatic rings. The van der Waals surface area contributed by atoms with Crippen LogP contribution < -0.4 is 10.1 Å². The molecular weight excluding hydrogens is 316 g/mol. The Morgan fingerprint density at radius 2 is 2.08 bits per heavy atom.